The number of benzene rings is 1. The SMILES string of the molecule is CC=Cc1ccccc1.c1ccncc1. The van der Waals surface area contributed by atoms with Gasteiger partial charge in [-0.05, 0) is 24.6 Å². The summed E-state index contributed by atoms with van der Waals surface area (Å²) in [4.78, 5) is 3.78. The summed E-state index contributed by atoms with van der Waals surface area (Å²) in [6.07, 6.45) is 7.62. The van der Waals surface area contributed by atoms with Gasteiger partial charge in [-0.3, -0.25) is 4.98 Å². The molecule has 76 valence electrons. The number of pyridine rings is 1. The Morgan fingerprint density at radius 3 is 1.87 bits per heavy atom. The maximum Gasteiger partial charge on any atom is 0.0267 e. The molecule has 0 aliphatic carbocycles. The quantitative estimate of drug-likeness (QED) is 0.677. The summed E-state index contributed by atoms with van der Waals surface area (Å²) < 4.78 is 0. The van der Waals surface area contributed by atoms with Crippen LogP contribution < -0.4 is 0 Å². The lowest BCUT2D eigenvalue weighted by atomic mass is 10.2. The molecule has 1 aromatic heterocycles. The minimum absolute atomic E-state index is 1.26. The molecule has 0 unspecified atom stereocenters. The van der Waals surface area contributed by atoms with Crippen LogP contribution in [-0.2, 0) is 0 Å². The van der Waals surface area contributed by atoms with Crippen LogP contribution in [0.3, 0.4) is 0 Å². The minimum atomic E-state index is 1.26. The van der Waals surface area contributed by atoms with Crippen LogP contribution in [0.2, 0.25) is 0 Å². The molecule has 0 saturated heterocycles. The van der Waals surface area contributed by atoms with Gasteiger partial charge in [0.05, 0.1) is 0 Å². The lowest BCUT2D eigenvalue weighted by Gasteiger charge is -1.86. The molecule has 0 fully saturated rings. The van der Waals surface area contributed by atoms with Gasteiger partial charge in [-0.25, -0.2) is 0 Å². The van der Waals surface area contributed by atoms with Crippen LogP contribution in [-0.4, -0.2) is 4.98 Å². The molecule has 0 bridgehead atoms. The van der Waals surface area contributed by atoms with E-state index in [-0.39, 0.29) is 0 Å². The Balaban J connectivity index is 0.000000162. The highest BCUT2D eigenvalue weighted by Gasteiger charge is 1.77. The Hall–Kier alpha value is -1.89. The van der Waals surface area contributed by atoms with Crippen molar-refractivity contribution in [2.45, 2.75) is 6.92 Å². The number of hydrogen-bond donors (Lipinski definition) is 0. The van der Waals surface area contributed by atoms with Gasteiger partial charge in [0, 0.05) is 12.4 Å². The number of allylic oxidation sites excluding steroid dienone is 1. The summed E-state index contributed by atoms with van der Waals surface area (Å²) in [5, 5.41) is 0. The number of rotatable bonds is 1. The summed E-state index contributed by atoms with van der Waals surface area (Å²) in [7, 11) is 0. The van der Waals surface area contributed by atoms with Crippen LogP contribution in [0.15, 0.2) is 67.0 Å². The Kier molecular flexibility index (Phi) is 5.60. The fourth-order valence-electron chi connectivity index (χ4n) is 1.07. The summed E-state index contributed by atoms with van der Waals surface area (Å²) in [6.45, 7) is 2.02. The van der Waals surface area contributed by atoms with E-state index >= 15 is 0 Å². The summed E-state index contributed by atoms with van der Waals surface area (Å²) in [5.74, 6) is 0. The second kappa shape index (κ2) is 7.51. The van der Waals surface area contributed by atoms with Crippen molar-refractivity contribution in [3.05, 3.63) is 72.6 Å². The summed E-state index contributed by atoms with van der Waals surface area (Å²) in [6, 6.07) is 16.0. The van der Waals surface area contributed by atoms with E-state index in [0.29, 0.717) is 0 Å². The first kappa shape index (κ1) is 11.2. The first-order chi connectivity index (χ1) is 7.43. The van der Waals surface area contributed by atoms with Crippen molar-refractivity contribution in [3.8, 4) is 0 Å². The maximum atomic E-state index is 3.78. The number of hydrogen-bond acceptors (Lipinski definition) is 1. The zero-order valence-corrected chi connectivity index (χ0v) is 8.88. The van der Waals surface area contributed by atoms with Crippen molar-refractivity contribution in [1.82, 2.24) is 4.98 Å². The third kappa shape index (κ3) is 5.42. The molecule has 0 aliphatic heterocycles. The van der Waals surface area contributed by atoms with Crippen molar-refractivity contribution in [1.29, 1.82) is 0 Å². The average molecular weight is 197 g/mol. The Labute approximate surface area is 91.1 Å². The smallest absolute Gasteiger partial charge is 0.0267 e. The van der Waals surface area contributed by atoms with Gasteiger partial charge in [0.1, 0.15) is 0 Å². The minimum Gasteiger partial charge on any atom is -0.265 e. The van der Waals surface area contributed by atoms with Crippen molar-refractivity contribution in [2.24, 2.45) is 0 Å². The highest BCUT2D eigenvalue weighted by atomic mass is 14.6. The molecular weight excluding hydrogens is 182 g/mol. The zero-order valence-electron chi connectivity index (χ0n) is 8.88. The second-order valence-corrected chi connectivity index (χ2v) is 2.94. The molecule has 0 radical (unpaired) electrons. The fraction of sp³-hybridized carbons (Fsp3) is 0.0714. The van der Waals surface area contributed by atoms with E-state index < -0.39 is 0 Å². The van der Waals surface area contributed by atoms with Gasteiger partial charge >= 0.3 is 0 Å². The van der Waals surface area contributed by atoms with E-state index in [2.05, 4.69) is 23.2 Å². The largest absolute Gasteiger partial charge is 0.265 e. The van der Waals surface area contributed by atoms with Gasteiger partial charge in [0.15, 0.2) is 0 Å². The third-order valence-corrected chi connectivity index (χ3v) is 1.73. The van der Waals surface area contributed by atoms with Crippen molar-refractivity contribution >= 4 is 6.08 Å². The maximum absolute atomic E-state index is 3.78. The van der Waals surface area contributed by atoms with E-state index in [4.69, 9.17) is 0 Å². The van der Waals surface area contributed by atoms with Crippen molar-refractivity contribution in [2.75, 3.05) is 0 Å². The molecule has 0 spiro atoms. The number of aromatic nitrogens is 1. The van der Waals surface area contributed by atoms with Crippen LogP contribution >= 0.6 is 0 Å². The second-order valence-electron chi connectivity index (χ2n) is 2.94. The van der Waals surface area contributed by atoms with E-state index in [1.165, 1.54) is 5.56 Å². The lowest BCUT2D eigenvalue weighted by Crippen LogP contribution is -1.65. The highest BCUT2D eigenvalue weighted by Crippen LogP contribution is 1.99. The van der Waals surface area contributed by atoms with Crippen molar-refractivity contribution in [3.63, 3.8) is 0 Å². The standard InChI is InChI=1S/C9H10.C5H5N/c1-2-6-9-7-4-3-5-8-9;1-2-4-6-5-3-1/h2-8H,1H3;1-5H. The predicted molar refractivity (Wildman–Crippen MR) is 65.4 cm³/mol. The normalized spacial score (nSPS) is 9.40. The number of nitrogens with zero attached hydrogens (tertiary/aromatic N) is 1. The lowest BCUT2D eigenvalue weighted by molar-refractivity contribution is 1.33. The predicted octanol–water partition coefficient (Wildman–Crippen LogP) is 3.80. The molecule has 2 aromatic rings. The molecule has 1 heterocycles. The molecule has 0 saturated carbocycles. The average Bonchev–Trinajstić information content (AvgIpc) is 2.34. The van der Waals surface area contributed by atoms with Gasteiger partial charge in [-0.1, -0.05) is 48.6 Å². The first-order valence-corrected chi connectivity index (χ1v) is 4.96. The molecule has 0 N–H and O–H groups in total. The van der Waals surface area contributed by atoms with Crippen LogP contribution in [0.5, 0.6) is 0 Å². The fourth-order valence-corrected chi connectivity index (χ4v) is 1.07. The summed E-state index contributed by atoms with van der Waals surface area (Å²) >= 11 is 0. The monoisotopic (exact) mass is 197 g/mol. The van der Waals surface area contributed by atoms with E-state index in [0.717, 1.165) is 0 Å². The Morgan fingerprint density at radius 1 is 0.867 bits per heavy atom. The van der Waals surface area contributed by atoms with Crippen LogP contribution in [0.1, 0.15) is 12.5 Å². The van der Waals surface area contributed by atoms with Crippen LogP contribution in [0, 0.1) is 0 Å². The Bertz CT molecular complexity index is 338. The van der Waals surface area contributed by atoms with Gasteiger partial charge in [-0.15, -0.1) is 0 Å². The van der Waals surface area contributed by atoms with Gasteiger partial charge in [-0.2, -0.15) is 0 Å². The van der Waals surface area contributed by atoms with Gasteiger partial charge in [0.25, 0.3) is 0 Å². The van der Waals surface area contributed by atoms with Gasteiger partial charge < -0.3 is 0 Å². The zero-order chi connectivity index (χ0) is 10.8. The Morgan fingerprint density at radius 2 is 1.47 bits per heavy atom. The molecule has 0 aliphatic rings. The van der Waals surface area contributed by atoms with Crippen LogP contribution in [0.4, 0.5) is 0 Å². The van der Waals surface area contributed by atoms with Gasteiger partial charge in [0.2, 0.25) is 0 Å². The van der Waals surface area contributed by atoms with Crippen LogP contribution in [0.25, 0.3) is 6.08 Å². The molecule has 2 rings (SSSR count). The molecule has 1 nitrogen and oxygen atoms in total. The molecule has 0 atom stereocenters. The molecule has 0 amide bonds. The molecule has 15 heavy (non-hydrogen) atoms. The van der Waals surface area contributed by atoms with Crippen molar-refractivity contribution < 1.29 is 0 Å². The van der Waals surface area contributed by atoms with E-state index in [1.54, 1.807) is 12.4 Å². The van der Waals surface area contributed by atoms with E-state index in [1.807, 2.05) is 49.4 Å². The molecule has 1 heteroatoms. The molecular formula is C14H15N. The first-order valence-electron chi connectivity index (χ1n) is 4.96. The highest BCUT2D eigenvalue weighted by molar-refractivity contribution is 5.47. The van der Waals surface area contributed by atoms with E-state index in [9.17, 15) is 0 Å². The summed E-state index contributed by atoms with van der Waals surface area (Å²) in [5.41, 5.74) is 1.26. The topological polar surface area (TPSA) is 12.9 Å². The third-order valence-electron chi connectivity index (χ3n) is 1.73. The molecule has 1 aromatic carbocycles.